The molecule has 1 aromatic rings. The van der Waals surface area contributed by atoms with E-state index in [0.29, 0.717) is 17.9 Å². The van der Waals surface area contributed by atoms with Crippen molar-refractivity contribution in [3.05, 3.63) is 11.6 Å². The van der Waals surface area contributed by atoms with E-state index >= 15 is 0 Å². The number of Topliss-reactive ketones (excluding diaryl/α,β-unsaturated/α-hetero) is 1. The van der Waals surface area contributed by atoms with Crippen LogP contribution >= 0.6 is 0 Å². The summed E-state index contributed by atoms with van der Waals surface area (Å²) in [6.07, 6.45) is 0.474. The summed E-state index contributed by atoms with van der Waals surface area (Å²) in [5.41, 5.74) is 5.60. The minimum absolute atomic E-state index is 0.123. The van der Waals surface area contributed by atoms with E-state index in [-0.39, 0.29) is 30.0 Å². The molecule has 0 saturated carbocycles. The van der Waals surface area contributed by atoms with E-state index in [2.05, 4.69) is 0 Å². The van der Waals surface area contributed by atoms with Crippen molar-refractivity contribution in [2.75, 3.05) is 32.8 Å². The van der Waals surface area contributed by atoms with Crippen LogP contribution in [0.1, 0.15) is 23.2 Å². The number of rotatable bonds is 7. The monoisotopic (exact) mass is 322 g/mol. The quantitative estimate of drug-likeness (QED) is 0.733. The maximum atomic E-state index is 12.3. The number of benzene rings is 1. The van der Waals surface area contributed by atoms with E-state index in [1.54, 1.807) is 6.07 Å². The van der Waals surface area contributed by atoms with Crippen LogP contribution in [0.25, 0.3) is 0 Å². The van der Waals surface area contributed by atoms with Crippen LogP contribution in [0.4, 0.5) is 5.69 Å². The second kappa shape index (κ2) is 6.55. The number of ketones is 1. The first kappa shape index (κ1) is 16.6. The molecule has 0 unspecified atom stereocenters. The molecule has 23 heavy (non-hydrogen) atoms. The molecule has 8 nitrogen and oxygen atoms in total. The lowest BCUT2D eigenvalue weighted by atomic mass is 10.1. The van der Waals surface area contributed by atoms with Gasteiger partial charge >= 0.3 is 0 Å². The lowest BCUT2D eigenvalue weighted by Gasteiger charge is -2.19. The third kappa shape index (κ3) is 2.79. The van der Waals surface area contributed by atoms with Crippen LogP contribution in [-0.2, 0) is 9.59 Å². The number of hydrogen-bond donors (Lipinski definition) is 1. The van der Waals surface area contributed by atoms with E-state index in [9.17, 15) is 14.4 Å². The van der Waals surface area contributed by atoms with Gasteiger partial charge in [-0.2, -0.15) is 0 Å². The van der Waals surface area contributed by atoms with Crippen molar-refractivity contribution < 1.29 is 28.6 Å². The first-order valence-electron chi connectivity index (χ1n) is 6.93. The van der Waals surface area contributed by atoms with Crippen molar-refractivity contribution in [2.24, 2.45) is 5.73 Å². The maximum Gasteiger partial charge on any atom is 0.299 e. The van der Waals surface area contributed by atoms with E-state index in [4.69, 9.17) is 19.9 Å². The molecule has 2 amide bonds. The molecule has 0 bridgehead atoms. The fraction of sp³-hybridized carbons (Fsp3) is 0.400. The third-order valence-electron chi connectivity index (χ3n) is 3.57. The number of nitrogens with zero attached hydrogens (tertiary/aromatic N) is 1. The van der Waals surface area contributed by atoms with Gasteiger partial charge in [-0.25, -0.2) is 0 Å². The van der Waals surface area contributed by atoms with Gasteiger partial charge in [0.2, 0.25) is 11.7 Å². The second-order valence-corrected chi connectivity index (χ2v) is 4.90. The highest BCUT2D eigenvalue weighted by Crippen LogP contribution is 2.48. The molecule has 8 heteroatoms. The van der Waals surface area contributed by atoms with Gasteiger partial charge in [0.25, 0.3) is 11.7 Å². The molecule has 0 radical (unpaired) electrons. The molecule has 1 heterocycles. The number of nitrogens with two attached hydrogens (primary N) is 1. The van der Waals surface area contributed by atoms with Gasteiger partial charge in [-0.3, -0.25) is 14.4 Å². The molecule has 0 aliphatic carbocycles. The van der Waals surface area contributed by atoms with Crippen molar-refractivity contribution in [3.63, 3.8) is 0 Å². The number of methoxy groups -OCH3 is 3. The fourth-order valence-corrected chi connectivity index (χ4v) is 2.55. The lowest BCUT2D eigenvalue weighted by Crippen LogP contribution is -2.31. The topological polar surface area (TPSA) is 108 Å². The molecule has 1 aliphatic rings. The highest BCUT2D eigenvalue weighted by atomic mass is 16.5. The zero-order valence-corrected chi connectivity index (χ0v) is 13.2. The summed E-state index contributed by atoms with van der Waals surface area (Å²) in [5, 5.41) is 0. The Balaban J connectivity index is 2.49. The van der Waals surface area contributed by atoms with Crippen LogP contribution in [0, 0.1) is 0 Å². The highest BCUT2D eigenvalue weighted by molar-refractivity contribution is 6.53. The van der Waals surface area contributed by atoms with Gasteiger partial charge in [0, 0.05) is 19.0 Å². The molecule has 1 aromatic carbocycles. The molecule has 1 aliphatic heterocycles. The molecule has 0 aromatic heterocycles. The normalized spacial score (nSPS) is 13.1. The maximum absolute atomic E-state index is 12.3. The third-order valence-corrected chi connectivity index (χ3v) is 3.57. The first-order valence-corrected chi connectivity index (χ1v) is 6.93. The summed E-state index contributed by atoms with van der Waals surface area (Å²) < 4.78 is 15.7. The molecule has 0 saturated heterocycles. The molecule has 0 atom stereocenters. The Morgan fingerprint density at radius 3 is 2.30 bits per heavy atom. The Morgan fingerprint density at radius 2 is 1.78 bits per heavy atom. The number of anilines is 1. The Bertz CT molecular complexity index is 670. The Hall–Kier alpha value is -2.77. The van der Waals surface area contributed by atoms with Crippen LogP contribution in [0.5, 0.6) is 17.2 Å². The summed E-state index contributed by atoms with van der Waals surface area (Å²) in [4.78, 5) is 36.7. The van der Waals surface area contributed by atoms with Crippen LogP contribution in [0.15, 0.2) is 6.07 Å². The number of ether oxygens (including phenoxy) is 3. The van der Waals surface area contributed by atoms with Gasteiger partial charge in [-0.05, 0) is 6.42 Å². The molecule has 2 rings (SSSR count). The standard InChI is InChI=1S/C15H18N2O6/c1-21-9-7-8-11(14(23-3)13(9)22-2)12(19)15(20)17(8)6-4-5-10(16)18/h7H,4-6H2,1-3H3,(H2,16,18). The van der Waals surface area contributed by atoms with E-state index in [1.807, 2.05) is 0 Å². The predicted octanol–water partition coefficient (Wildman–Crippen LogP) is 0.507. The van der Waals surface area contributed by atoms with Gasteiger partial charge in [0.15, 0.2) is 11.5 Å². The van der Waals surface area contributed by atoms with Crippen LogP contribution in [-0.4, -0.2) is 45.5 Å². The fourth-order valence-electron chi connectivity index (χ4n) is 2.55. The van der Waals surface area contributed by atoms with Gasteiger partial charge in [0.05, 0.1) is 32.6 Å². The average molecular weight is 322 g/mol. The number of primary amides is 1. The van der Waals surface area contributed by atoms with Gasteiger partial charge in [-0.1, -0.05) is 0 Å². The largest absolute Gasteiger partial charge is 0.493 e. The number of carbonyl (C=O) groups is 3. The Kier molecular flexibility index (Phi) is 4.73. The van der Waals surface area contributed by atoms with Crippen molar-refractivity contribution >= 4 is 23.3 Å². The van der Waals surface area contributed by atoms with Crippen molar-refractivity contribution in [1.82, 2.24) is 0 Å². The number of carbonyl (C=O) groups excluding carboxylic acids is 3. The van der Waals surface area contributed by atoms with Crippen LogP contribution < -0.4 is 24.8 Å². The lowest BCUT2D eigenvalue weighted by molar-refractivity contribution is -0.118. The molecular weight excluding hydrogens is 304 g/mol. The van der Waals surface area contributed by atoms with Crippen molar-refractivity contribution in [2.45, 2.75) is 12.8 Å². The smallest absolute Gasteiger partial charge is 0.299 e. The Morgan fingerprint density at radius 1 is 1.13 bits per heavy atom. The number of fused-ring (bicyclic) bond motifs is 1. The molecular formula is C15H18N2O6. The molecule has 0 fully saturated rings. The van der Waals surface area contributed by atoms with Gasteiger partial charge in [-0.15, -0.1) is 0 Å². The van der Waals surface area contributed by atoms with E-state index in [1.165, 1.54) is 26.2 Å². The van der Waals surface area contributed by atoms with Gasteiger partial charge < -0.3 is 24.8 Å². The molecule has 2 N–H and O–H groups in total. The summed E-state index contributed by atoms with van der Waals surface area (Å²) in [5.74, 6) is -1.10. The van der Waals surface area contributed by atoms with E-state index < -0.39 is 17.6 Å². The minimum atomic E-state index is -0.683. The number of amides is 2. The summed E-state index contributed by atoms with van der Waals surface area (Å²) in [6, 6.07) is 1.55. The molecule has 124 valence electrons. The summed E-state index contributed by atoms with van der Waals surface area (Å²) in [7, 11) is 4.24. The zero-order chi connectivity index (χ0) is 17.1. The number of hydrogen-bond acceptors (Lipinski definition) is 6. The summed E-state index contributed by atoms with van der Waals surface area (Å²) >= 11 is 0. The minimum Gasteiger partial charge on any atom is -0.493 e. The highest BCUT2D eigenvalue weighted by Gasteiger charge is 2.40. The summed E-state index contributed by atoms with van der Waals surface area (Å²) in [6.45, 7) is 0.194. The first-order chi connectivity index (χ1) is 11.0. The van der Waals surface area contributed by atoms with E-state index in [0.717, 1.165) is 0 Å². The SMILES string of the molecule is COc1cc2c(c(OC)c1OC)C(=O)C(=O)N2CCCC(N)=O. The second-order valence-electron chi connectivity index (χ2n) is 4.90. The zero-order valence-electron chi connectivity index (χ0n) is 13.2. The average Bonchev–Trinajstić information content (AvgIpc) is 2.77. The predicted molar refractivity (Wildman–Crippen MR) is 81.2 cm³/mol. The van der Waals surface area contributed by atoms with Crippen molar-refractivity contribution in [1.29, 1.82) is 0 Å². The van der Waals surface area contributed by atoms with Crippen LogP contribution in [0.2, 0.25) is 0 Å². The van der Waals surface area contributed by atoms with Gasteiger partial charge in [0.1, 0.15) is 0 Å². The molecule has 0 spiro atoms. The van der Waals surface area contributed by atoms with Crippen molar-refractivity contribution in [3.8, 4) is 17.2 Å². The Labute approximate surface area is 133 Å². The van der Waals surface area contributed by atoms with Crippen LogP contribution in [0.3, 0.4) is 0 Å².